The molecule has 3 nitrogen and oxygen atoms in total. The molecule has 0 amide bonds. The van der Waals surface area contributed by atoms with Gasteiger partial charge in [-0.05, 0) is 17.7 Å². The molecule has 0 fully saturated rings. The second kappa shape index (κ2) is 3.76. The predicted molar refractivity (Wildman–Crippen MR) is 44.4 cm³/mol. The number of ether oxygens (including phenoxy) is 1. The number of carbonyl (C=O) groups is 1. The van der Waals surface area contributed by atoms with Gasteiger partial charge < -0.3 is 14.6 Å². The van der Waals surface area contributed by atoms with Gasteiger partial charge in [0.2, 0.25) is 0 Å². The van der Waals surface area contributed by atoms with Gasteiger partial charge in [-0.1, -0.05) is 6.07 Å². The number of methoxy groups -OCH3 is 1. The molecule has 0 spiro atoms. The summed E-state index contributed by atoms with van der Waals surface area (Å²) in [6.07, 6.45) is 1.16. The Kier molecular flexibility index (Phi) is 2.69. The van der Waals surface area contributed by atoms with Crippen molar-refractivity contribution in [2.75, 3.05) is 7.11 Å². The van der Waals surface area contributed by atoms with Crippen LogP contribution in [0.4, 0.5) is 0 Å². The lowest BCUT2D eigenvalue weighted by Gasteiger charge is -2.03. The molecule has 1 N–H and O–H groups in total. The van der Waals surface area contributed by atoms with Gasteiger partial charge in [-0.25, -0.2) is 0 Å². The van der Waals surface area contributed by atoms with E-state index in [0.717, 1.165) is 11.8 Å². The standard InChI is InChI=1S/C9H10O3/c1-12-9-6-7(4-5-10)2-3-8(9)11/h2-3,5-6,11H,4H2,1H3. The highest BCUT2D eigenvalue weighted by atomic mass is 16.5. The minimum Gasteiger partial charge on any atom is -0.504 e. The SMILES string of the molecule is COc1cc(CC=O)ccc1O. The van der Waals surface area contributed by atoms with Crippen molar-refractivity contribution in [1.82, 2.24) is 0 Å². The number of hydrogen-bond acceptors (Lipinski definition) is 3. The van der Waals surface area contributed by atoms with Crippen molar-refractivity contribution in [1.29, 1.82) is 0 Å². The number of aromatic hydroxyl groups is 1. The van der Waals surface area contributed by atoms with Crippen LogP contribution in [0.1, 0.15) is 5.56 Å². The highest BCUT2D eigenvalue weighted by Gasteiger charge is 2.01. The van der Waals surface area contributed by atoms with Crippen molar-refractivity contribution in [2.45, 2.75) is 6.42 Å². The number of phenols is 1. The molecule has 1 aromatic carbocycles. The summed E-state index contributed by atoms with van der Waals surface area (Å²) in [6.45, 7) is 0. The molecule has 0 unspecified atom stereocenters. The summed E-state index contributed by atoms with van der Waals surface area (Å²) in [5, 5.41) is 9.19. The van der Waals surface area contributed by atoms with E-state index in [0.29, 0.717) is 12.2 Å². The van der Waals surface area contributed by atoms with Crippen LogP contribution < -0.4 is 4.74 Å². The number of aldehydes is 1. The van der Waals surface area contributed by atoms with Crippen molar-refractivity contribution in [3.8, 4) is 11.5 Å². The van der Waals surface area contributed by atoms with E-state index in [9.17, 15) is 9.90 Å². The zero-order valence-electron chi connectivity index (χ0n) is 6.78. The van der Waals surface area contributed by atoms with Gasteiger partial charge in [0, 0.05) is 6.42 Å². The van der Waals surface area contributed by atoms with Crippen molar-refractivity contribution in [3.05, 3.63) is 23.8 Å². The first-order chi connectivity index (χ1) is 5.77. The Morgan fingerprint density at radius 3 is 2.92 bits per heavy atom. The average Bonchev–Trinajstić information content (AvgIpc) is 2.09. The summed E-state index contributed by atoms with van der Waals surface area (Å²) < 4.78 is 4.87. The molecule has 0 saturated carbocycles. The van der Waals surface area contributed by atoms with Gasteiger partial charge in [0.05, 0.1) is 7.11 Å². The average molecular weight is 166 g/mol. The maximum atomic E-state index is 10.2. The highest BCUT2D eigenvalue weighted by Crippen LogP contribution is 2.25. The molecular weight excluding hydrogens is 156 g/mol. The fraction of sp³-hybridized carbons (Fsp3) is 0.222. The molecule has 1 rings (SSSR count). The lowest BCUT2D eigenvalue weighted by atomic mass is 10.1. The summed E-state index contributed by atoms with van der Waals surface area (Å²) in [4.78, 5) is 10.2. The van der Waals surface area contributed by atoms with Crippen LogP contribution >= 0.6 is 0 Å². The maximum absolute atomic E-state index is 10.2. The minimum atomic E-state index is 0.0900. The molecule has 0 saturated heterocycles. The first-order valence-corrected chi connectivity index (χ1v) is 3.57. The molecule has 0 aliphatic heterocycles. The predicted octanol–water partition coefficient (Wildman–Crippen LogP) is 1.14. The van der Waals surface area contributed by atoms with Crippen molar-refractivity contribution in [2.24, 2.45) is 0 Å². The molecular formula is C9H10O3. The third kappa shape index (κ3) is 1.75. The van der Waals surface area contributed by atoms with Crippen molar-refractivity contribution < 1.29 is 14.6 Å². The van der Waals surface area contributed by atoms with E-state index in [1.54, 1.807) is 12.1 Å². The molecule has 0 radical (unpaired) electrons. The van der Waals surface area contributed by atoms with Gasteiger partial charge in [0.1, 0.15) is 6.29 Å². The lowest BCUT2D eigenvalue weighted by Crippen LogP contribution is -1.88. The maximum Gasteiger partial charge on any atom is 0.160 e. The van der Waals surface area contributed by atoms with Crippen LogP contribution in [0.3, 0.4) is 0 Å². The molecule has 0 aliphatic carbocycles. The minimum absolute atomic E-state index is 0.0900. The Labute approximate surface area is 70.6 Å². The summed E-state index contributed by atoms with van der Waals surface area (Å²) >= 11 is 0. The van der Waals surface area contributed by atoms with E-state index in [1.807, 2.05) is 0 Å². The summed E-state index contributed by atoms with van der Waals surface area (Å²) in [7, 11) is 1.47. The quantitative estimate of drug-likeness (QED) is 0.685. The van der Waals surface area contributed by atoms with E-state index >= 15 is 0 Å². The van der Waals surface area contributed by atoms with Crippen molar-refractivity contribution in [3.63, 3.8) is 0 Å². The topological polar surface area (TPSA) is 46.5 Å². The zero-order chi connectivity index (χ0) is 8.97. The summed E-state index contributed by atoms with van der Waals surface area (Å²) in [6, 6.07) is 4.84. The number of benzene rings is 1. The third-order valence-corrected chi connectivity index (χ3v) is 1.56. The van der Waals surface area contributed by atoms with E-state index in [4.69, 9.17) is 4.74 Å². The van der Waals surface area contributed by atoms with Gasteiger partial charge in [0.25, 0.3) is 0 Å². The molecule has 0 heterocycles. The first kappa shape index (κ1) is 8.59. The molecule has 1 aromatic rings. The first-order valence-electron chi connectivity index (χ1n) is 3.57. The van der Waals surface area contributed by atoms with Crippen LogP contribution in [-0.4, -0.2) is 18.5 Å². The molecule has 64 valence electrons. The van der Waals surface area contributed by atoms with E-state index < -0.39 is 0 Å². The van der Waals surface area contributed by atoms with Gasteiger partial charge in [-0.2, -0.15) is 0 Å². The zero-order valence-corrected chi connectivity index (χ0v) is 6.78. The van der Waals surface area contributed by atoms with Gasteiger partial charge >= 0.3 is 0 Å². The van der Waals surface area contributed by atoms with Gasteiger partial charge in [-0.15, -0.1) is 0 Å². The highest BCUT2D eigenvalue weighted by molar-refractivity contribution is 5.56. The van der Waals surface area contributed by atoms with Crippen LogP contribution in [0.15, 0.2) is 18.2 Å². The third-order valence-electron chi connectivity index (χ3n) is 1.56. The lowest BCUT2D eigenvalue weighted by molar-refractivity contribution is -0.107. The van der Waals surface area contributed by atoms with Gasteiger partial charge in [-0.3, -0.25) is 0 Å². The second-order valence-corrected chi connectivity index (χ2v) is 2.38. The van der Waals surface area contributed by atoms with Crippen LogP contribution in [0.2, 0.25) is 0 Å². The Bertz CT molecular complexity index is 281. The van der Waals surface area contributed by atoms with E-state index in [2.05, 4.69) is 0 Å². The summed E-state index contributed by atoms with van der Waals surface area (Å²) in [5.74, 6) is 0.487. The Balaban J connectivity index is 2.96. The van der Waals surface area contributed by atoms with Crippen LogP contribution in [0, 0.1) is 0 Å². The van der Waals surface area contributed by atoms with Crippen molar-refractivity contribution >= 4 is 6.29 Å². The molecule has 0 bridgehead atoms. The van der Waals surface area contributed by atoms with E-state index in [-0.39, 0.29) is 5.75 Å². The number of carbonyl (C=O) groups excluding carboxylic acids is 1. The number of hydrogen-bond donors (Lipinski definition) is 1. The molecule has 0 aliphatic rings. The smallest absolute Gasteiger partial charge is 0.160 e. The Morgan fingerprint density at radius 2 is 2.33 bits per heavy atom. The fourth-order valence-electron chi connectivity index (χ4n) is 0.945. The number of rotatable bonds is 3. The van der Waals surface area contributed by atoms with E-state index in [1.165, 1.54) is 13.2 Å². The van der Waals surface area contributed by atoms with Crippen LogP contribution in [0.25, 0.3) is 0 Å². The Morgan fingerprint density at radius 1 is 1.58 bits per heavy atom. The second-order valence-electron chi connectivity index (χ2n) is 2.38. The van der Waals surface area contributed by atoms with Crippen LogP contribution in [0.5, 0.6) is 11.5 Å². The molecule has 0 aromatic heterocycles. The monoisotopic (exact) mass is 166 g/mol. The number of phenolic OH excluding ortho intramolecular Hbond substituents is 1. The molecule has 3 heteroatoms. The van der Waals surface area contributed by atoms with Crippen LogP contribution in [-0.2, 0) is 11.2 Å². The normalized spacial score (nSPS) is 9.42. The van der Waals surface area contributed by atoms with Gasteiger partial charge in [0.15, 0.2) is 11.5 Å². The molecule has 0 atom stereocenters. The molecule has 12 heavy (non-hydrogen) atoms. The largest absolute Gasteiger partial charge is 0.504 e. The Hall–Kier alpha value is -1.51. The summed E-state index contributed by atoms with van der Waals surface area (Å²) in [5.41, 5.74) is 0.833. The fourth-order valence-corrected chi connectivity index (χ4v) is 0.945.